The second kappa shape index (κ2) is 10.9. The lowest BCUT2D eigenvalue weighted by Crippen LogP contribution is -2.50. The summed E-state index contributed by atoms with van der Waals surface area (Å²) in [6, 6.07) is 0.450. The number of carboxylic acids is 1. The number of aliphatic hydroxyl groups excluding tert-OH is 1. The second-order valence-corrected chi connectivity index (χ2v) is 4.34. The van der Waals surface area contributed by atoms with Gasteiger partial charge in [0.1, 0.15) is 6.10 Å². The smallest absolute Gasteiger partial charge is 0.332 e. The minimum atomic E-state index is -1.23. The van der Waals surface area contributed by atoms with Gasteiger partial charge in [0.15, 0.2) is 0 Å². The number of nitrogens with one attached hydrogen (secondary N) is 2. The summed E-state index contributed by atoms with van der Waals surface area (Å²) in [4.78, 5) is 9.45. The number of hydrogen-bond acceptors (Lipinski definition) is 5. The molecular weight excluding hydrogens is 248 g/mol. The van der Waals surface area contributed by atoms with Crippen LogP contribution in [-0.2, 0) is 9.53 Å². The van der Waals surface area contributed by atoms with Gasteiger partial charge in [0.05, 0.1) is 12.7 Å². The van der Waals surface area contributed by atoms with Gasteiger partial charge in [-0.1, -0.05) is 13.0 Å². The monoisotopic (exact) mass is 274 g/mol. The Balaban J connectivity index is 0.000000459. The van der Waals surface area contributed by atoms with Crippen LogP contribution in [0.1, 0.15) is 20.3 Å². The molecule has 1 fully saturated rings. The highest BCUT2D eigenvalue weighted by Crippen LogP contribution is 2.05. The van der Waals surface area contributed by atoms with Crippen LogP contribution >= 0.6 is 0 Å². The first-order valence-electron chi connectivity index (χ1n) is 6.60. The van der Waals surface area contributed by atoms with E-state index in [9.17, 15) is 4.79 Å². The molecule has 3 atom stereocenters. The van der Waals surface area contributed by atoms with Crippen molar-refractivity contribution in [2.45, 2.75) is 38.5 Å². The van der Waals surface area contributed by atoms with Gasteiger partial charge in [0.2, 0.25) is 0 Å². The lowest BCUT2D eigenvalue weighted by molar-refractivity contribution is -0.145. The molecule has 1 rings (SSSR count). The number of morpholine rings is 1. The second-order valence-electron chi connectivity index (χ2n) is 4.34. The maximum Gasteiger partial charge on any atom is 0.332 e. The van der Waals surface area contributed by atoms with Gasteiger partial charge in [-0.15, -0.1) is 6.58 Å². The molecule has 0 aromatic heterocycles. The highest BCUT2D eigenvalue weighted by Gasteiger charge is 2.21. The molecule has 6 heteroatoms. The Morgan fingerprint density at radius 1 is 1.68 bits per heavy atom. The highest BCUT2D eigenvalue weighted by atomic mass is 16.5. The van der Waals surface area contributed by atoms with Crippen LogP contribution in [0.5, 0.6) is 0 Å². The SMILES string of the molecule is C=CCNC(CC)C1CNCCO1.CC(O)C(=O)O. The van der Waals surface area contributed by atoms with E-state index in [4.69, 9.17) is 14.9 Å². The average molecular weight is 274 g/mol. The average Bonchev–Trinajstić information content (AvgIpc) is 2.41. The third-order valence-corrected chi connectivity index (χ3v) is 2.73. The number of carboxylic acid groups (broad SMARTS) is 1. The third kappa shape index (κ3) is 8.72. The van der Waals surface area contributed by atoms with Crippen molar-refractivity contribution in [2.24, 2.45) is 0 Å². The van der Waals surface area contributed by atoms with Gasteiger partial charge in [-0.3, -0.25) is 0 Å². The number of ether oxygens (including phenoxy) is 1. The van der Waals surface area contributed by atoms with Gasteiger partial charge in [-0.05, 0) is 13.3 Å². The van der Waals surface area contributed by atoms with Crippen LogP contribution in [0.2, 0.25) is 0 Å². The number of aliphatic carboxylic acids is 1. The molecule has 0 spiro atoms. The Bertz CT molecular complexity index is 253. The fourth-order valence-electron chi connectivity index (χ4n) is 1.62. The van der Waals surface area contributed by atoms with E-state index in [1.54, 1.807) is 0 Å². The quantitative estimate of drug-likeness (QED) is 0.509. The Labute approximate surface area is 114 Å². The van der Waals surface area contributed by atoms with Gasteiger partial charge in [-0.2, -0.15) is 0 Å². The van der Waals surface area contributed by atoms with Crippen molar-refractivity contribution in [3.63, 3.8) is 0 Å². The molecule has 19 heavy (non-hydrogen) atoms. The molecule has 0 aliphatic carbocycles. The maximum atomic E-state index is 9.45. The Morgan fingerprint density at radius 2 is 2.32 bits per heavy atom. The van der Waals surface area contributed by atoms with Crippen LogP contribution < -0.4 is 10.6 Å². The fourth-order valence-corrected chi connectivity index (χ4v) is 1.62. The summed E-state index contributed by atoms with van der Waals surface area (Å²) in [5, 5.41) is 22.5. The van der Waals surface area contributed by atoms with Crippen LogP contribution in [0.3, 0.4) is 0 Å². The van der Waals surface area contributed by atoms with E-state index >= 15 is 0 Å². The molecule has 0 bridgehead atoms. The first kappa shape index (κ1) is 18.0. The van der Waals surface area contributed by atoms with E-state index in [0.29, 0.717) is 12.1 Å². The highest BCUT2D eigenvalue weighted by molar-refractivity contribution is 5.71. The van der Waals surface area contributed by atoms with Crippen LogP contribution in [0, 0.1) is 0 Å². The van der Waals surface area contributed by atoms with Gasteiger partial charge < -0.3 is 25.6 Å². The van der Waals surface area contributed by atoms with Crippen molar-refractivity contribution in [1.82, 2.24) is 10.6 Å². The maximum absolute atomic E-state index is 9.45. The standard InChI is InChI=1S/C10H20N2O.C3H6O3/c1-3-5-12-9(4-2)10-8-11-6-7-13-10;1-2(4)3(5)6/h3,9-12H,1,4-8H2,2H3;2,4H,1H3,(H,5,6). The minimum absolute atomic E-state index is 0.318. The predicted molar refractivity (Wildman–Crippen MR) is 74.2 cm³/mol. The lowest BCUT2D eigenvalue weighted by atomic mass is 10.1. The van der Waals surface area contributed by atoms with Crippen LogP contribution in [0.25, 0.3) is 0 Å². The fraction of sp³-hybridized carbons (Fsp3) is 0.769. The largest absolute Gasteiger partial charge is 0.479 e. The van der Waals surface area contributed by atoms with E-state index in [-0.39, 0.29) is 0 Å². The number of rotatable bonds is 6. The van der Waals surface area contributed by atoms with E-state index in [1.807, 2.05) is 6.08 Å². The van der Waals surface area contributed by atoms with Gasteiger partial charge in [0, 0.05) is 25.7 Å². The molecule has 112 valence electrons. The van der Waals surface area contributed by atoms with Crippen LogP contribution in [0.15, 0.2) is 12.7 Å². The first-order chi connectivity index (χ1) is 9.02. The molecule has 0 saturated carbocycles. The molecule has 6 nitrogen and oxygen atoms in total. The number of hydrogen-bond donors (Lipinski definition) is 4. The van der Waals surface area contributed by atoms with Crippen LogP contribution in [-0.4, -0.2) is 60.7 Å². The van der Waals surface area contributed by atoms with Crippen molar-refractivity contribution >= 4 is 5.97 Å². The minimum Gasteiger partial charge on any atom is -0.479 e. The lowest BCUT2D eigenvalue weighted by Gasteiger charge is -2.30. The summed E-state index contributed by atoms with van der Waals surface area (Å²) >= 11 is 0. The summed E-state index contributed by atoms with van der Waals surface area (Å²) in [5.41, 5.74) is 0. The summed E-state index contributed by atoms with van der Waals surface area (Å²) in [7, 11) is 0. The molecule has 1 saturated heterocycles. The van der Waals surface area contributed by atoms with Gasteiger partial charge in [0.25, 0.3) is 0 Å². The topological polar surface area (TPSA) is 90.8 Å². The Hall–Kier alpha value is -0.950. The van der Waals surface area contributed by atoms with Gasteiger partial charge >= 0.3 is 5.97 Å². The zero-order valence-corrected chi connectivity index (χ0v) is 11.8. The van der Waals surface area contributed by atoms with E-state index < -0.39 is 12.1 Å². The van der Waals surface area contributed by atoms with Crippen molar-refractivity contribution in [2.75, 3.05) is 26.2 Å². The summed E-state index contributed by atoms with van der Waals surface area (Å²) < 4.78 is 5.67. The number of aliphatic hydroxyl groups is 1. The van der Waals surface area contributed by atoms with E-state index in [1.165, 1.54) is 6.92 Å². The summed E-state index contributed by atoms with van der Waals surface area (Å²) in [6.45, 7) is 10.7. The molecule has 1 aliphatic heterocycles. The molecule has 0 aromatic carbocycles. The van der Waals surface area contributed by atoms with Crippen LogP contribution in [0.4, 0.5) is 0 Å². The zero-order valence-electron chi connectivity index (χ0n) is 11.8. The molecule has 3 unspecified atom stereocenters. The van der Waals surface area contributed by atoms with Crippen molar-refractivity contribution in [3.05, 3.63) is 12.7 Å². The molecule has 1 heterocycles. The summed E-state index contributed by atoms with van der Waals surface area (Å²) in [5.74, 6) is -1.19. The number of carbonyl (C=O) groups is 1. The van der Waals surface area contributed by atoms with E-state index in [0.717, 1.165) is 32.7 Å². The van der Waals surface area contributed by atoms with E-state index in [2.05, 4.69) is 24.1 Å². The molecular formula is C13H26N2O4. The molecule has 1 aliphatic rings. The Morgan fingerprint density at radius 3 is 2.68 bits per heavy atom. The molecule has 0 aromatic rings. The molecule has 0 radical (unpaired) electrons. The first-order valence-corrected chi connectivity index (χ1v) is 6.60. The molecule has 0 amide bonds. The predicted octanol–water partition coefficient (Wildman–Crippen LogP) is -0.0192. The third-order valence-electron chi connectivity index (χ3n) is 2.73. The Kier molecular flexibility index (Phi) is 10.4. The van der Waals surface area contributed by atoms with Crippen molar-refractivity contribution in [1.29, 1.82) is 0 Å². The zero-order chi connectivity index (χ0) is 14.7. The summed E-state index contributed by atoms with van der Waals surface area (Å²) in [6.07, 6.45) is 2.07. The van der Waals surface area contributed by atoms with Gasteiger partial charge in [-0.25, -0.2) is 4.79 Å². The van der Waals surface area contributed by atoms with Crippen molar-refractivity contribution in [3.8, 4) is 0 Å². The molecule has 4 N–H and O–H groups in total. The normalized spacial score (nSPS) is 21.7. The van der Waals surface area contributed by atoms with Crippen molar-refractivity contribution < 1.29 is 19.7 Å².